The van der Waals surface area contributed by atoms with Gasteiger partial charge in [-0.2, -0.15) is 0 Å². The van der Waals surface area contributed by atoms with E-state index >= 15 is 0 Å². The molecule has 19 heavy (non-hydrogen) atoms. The van der Waals surface area contributed by atoms with Crippen molar-refractivity contribution in [3.8, 4) is 0 Å². The smallest absolute Gasteiger partial charge is 0.186 e. The number of anilines is 1. The van der Waals surface area contributed by atoms with E-state index in [-0.39, 0.29) is 0 Å². The maximum Gasteiger partial charge on any atom is 0.186 e. The van der Waals surface area contributed by atoms with Crippen molar-refractivity contribution >= 4 is 16.5 Å². The van der Waals surface area contributed by atoms with Crippen molar-refractivity contribution in [1.29, 1.82) is 0 Å². The van der Waals surface area contributed by atoms with E-state index in [9.17, 15) is 0 Å². The third kappa shape index (κ3) is 3.11. The molecule has 2 N–H and O–H groups in total. The fraction of sp³-hybridized carbons (Fsp3) is 0.800. The van der Waals surface area contributed by atoms with E-state index in [0.29, 0.717) is 18.5 Å². The van der Waals surface area contributed by atoms with Crippen molar-refractivity contribution in [1.82, 2.24) is 4.98 Å². The van der Waals surface area contributed by atoms with E-state index < -0.39 is 0 Å². The number of nitrogens with zero attached hydrogens (tertiary/aromatic N) is 2. The molecule has 1 fully saturated rings. The van der Waals surface area contributed by atoms with Crippen molar-refractivity contribution in [2.75, 3.05) is 11.4 Å². The molecule has 4 heteroatoms. The van der Waals surface area contributed by atoms with E-state index in [0.717, 1.165) is 13.0 Å². The summed E-state index contributed by atoms with van der Waals surface area (Å²) < 4.78 is 0. The fourth-order valence-electron chi connectivity index (χ4n) is 2.88. The Labute approximate surface area is 121 Å². The maximum atomic E-state index is 5.91. The molecular weight excluding hydrogens is 254 g/mol. The van der Waals surface area contributed by atoms with E-state index in [1.807, 2.05) is 11.3 Å². The predicted molar refractivity (Wildman–Crippen MR) is 84.0 cm³/mol. The van der Waals surface area contributed by atoms with Gasteiger partial charge >= 0.3 is 0 Å². The summed E-state index contributed by atoms with van der Waals surface area (Å²) in [5.74, 6) is 0.522. The van der Waals surface area contributed by atoms with Crippen molar-refractivity contribution < 1.29 is 0 Å². The molecule has 1 saturated heterocycles. The number of hydrogen-bond donors (Lipinski definition) is 1. The Balaban J connectivity index is 2.26. The lowest BCUT2D eigenvalue weighted by Crippen LogP contribution is -2.39. The first-order valence-electron chi connectivity index (χ1n) is 7.67. The van der Waals surface area contributed by atoms with Gasteiger partial charge in [-0.1, -0.05) is 20.8 Å². The minimum absolute atomic E-state index is 0.522. The highest BCUT2D eigenvalue weighted by Crippen LogP contribution is 2.35. The molecule has 2 heterocycles. The van der Waals surface area contributed by atoms with Gasteiger partial charge in [0.1, 0.15) is 0 Å². The van der Waals surface area contributed by atoms with Gasteiger partial charge in [0, 0.05) is 24.0 Å². The predicted octanol–water partition coefficient (Wildman–Crippen LogP) is 3.88. The molecule has 1 aliphatic rings. The van der Waals surface area contributed by atoms with Gasteiger partial charge in [0.25, 0.3) is 0 Å². The highest BCUT2D eigenvalue weighted by Gasteiger charge is 2.25. The number of hydrogen-bond acceptors (Lipinski definition) is 4. The van der Waals surface area contributed by atoms with Gasteiger partial charge in [0.15, 0.2) is 5.13 Å². The van der Waals surface area contributed by atoms with Crippen molar-refractivity contribution in [3.63, 3.8) is 0 Å². The zero-order chi connectivity index (χ0) is 13.8. The molecule has 3 nitrogen and oxygen atoms in total. The van der Waals surface area contributed by atoms with Gasteiger partial charge in [-0.25, -0.2) is 4.98 Å². The molecule has 1 aromatic rings. The normalized spacial score (nSPS) is 21.7. The third-order valence-electron chi connectivity index (χ3n) is 4.32. The topological polar surface area (TPSA) is 42.2 Å². The Kier molecular flexibility index (Phi) is 5.22. The number of aromatic nitrogens is 1. The number of rotatable bonds is 5. The Morgan fingerprint density at radius 1 is 1.42 bits per heavy atom. The number of nitrogens with two attached hydrogens (primary N) is 1. The van der Waals surface area contributed by atoms with Gasteiger partial charge in [-0.15, -0.1) is 11.3 Å². The third-order valence-corrected chi connectivity index (χ3v) is 5.46. The van der Waals surface area contributed by atoms with Gasteiger partial charge in [0.05, 0.1) is 5.69 Å². The van der Waals surface area contributed by atoms with Gasteiger partial charge in [-0.05, 0) is 38.0 Å². The second kappa shape index (κ2) is 6.71. The molecule has 0 amide bonds. The van der Waals surface area contributed by atoms with E-state index in [1.165, 1.54) is 41.4 Å². The van der Waals surface area contributed by atoms with Crippen LogP contribution in [0.25, 0.3) is 0 Å². The molecule has 1 aliphatic heterocycles. The van der Waals surface area contributed by atoms with Crippen molar-refractivity contribution in [2.45, 2.75) is 71.4 Å². The van der Waals surface area contributed by atoms with Crippen LogP contribution in [-0.4, -0.2) is 17.6 Å². The van der Waals surface area contributed by atoms with Crippen LogP contribution in [0.2, 0.25) is 0 Å². The Morgan fingerprint density at radius 3 is 2.84 bits per heavy atom. The molecule has 0 saturated carbocycles. The lowest BCUT2D eigenvalue weighted by Gasteiger charge is -2.35. The first-order chi connectivity index (χ1) is 9.21. The molecule has 1 aromatic heterocycles. The molecule has 0 aromatic carbocycles. The maximum absolute atomic E-state index is 5.91. The highest BCUT2D eigenvalue weighted by molar-refractivity contribution is 7.15. The SMILES string of the molecule is CCC(C)c1nc(N2CCCCC2CC)sc1CN. The number of thiazole rings is 1. The standard InChI is InChI=1S/C15H27N3S/c1-4-11(3)14-13(10-16)19-15(17-14)18-9-7-6-8-12(18)5-2/h11-12H,4-10,16H2,1-3H3. The van der Waals surface area contributed by atoms with Crippen LogP contribution in [0, 0.1) is 0 Å². The largest absolute Gasteiger partial charge is 0.345 e. The summed E-state index contributed by atoms with van der Waals surface area (Å²) in [5, 5.41) is 1.21. The molecule has 0 aliphatic carbocycles. The van der Waals surface area contributed by atoms with Crippen molar-refractivity contribution in [2.24, 2.45) is 5.73 Å². The van der Waals surface area contributed by atoms with Crippen LogP contribution in [0.15, 0.2) is 0 Å². The van der Waals surface area contributed by atoms with Crippen LogP contribution in [-0.2, 0) is 6.54 Å². The minimum atomic E-state index is 0.522. The molecule has 2 unspecified atom stereocenters. The molecule has 0 spiro atoms. The summed E-state index contributed by atoms with van der Waals surface area (Å²) in [6, 6.07) is 0.676. The van der Waals surface area contributed by atoms with Gasteiger partial charge in [0.2, 0.25) is 0 Å². The summed E-state index contributed by atoms with van der Waals surface area (Å²) in [6.45, 7) is 8.55. The fourth-order valence-corrected chi connectivity index (χ4v) is 4.03. The first-order valence-corrected chi connectivity index (χ1v) is 8.49. The van der Waals surface area contributed by atoms with Crippen LogP contribution < -0.4 is 10.6 Å². The average Bonchev–Trinajstić information content (AvgIpc) is 2.90. The lowest BCUT2D eigenvalue weighted by atomic mass is 10.0. The zero-order valence-corrected chi connectivity index (χ0v) is 13.3. The van der Waals surface area contributed by atoms with E-state index in [4.69, 9.17) is 10.7 Å². The Bertz CT molecular complexity index is 402. The average molecular weight is 281 g/mol. The van der Waals surface area contributed by atoms with Crippen LogP contribution in [0.5, 0.6) is 0 Å². The quantitative estimate of drug-likeness (QED) is 0.890. The first kappa shape index (κ1) is 14.8. The molecule has 0 bridgehead atoms. The second-order valence-corrected chi connectivity index (χ2v) is 6.63. The zero-order valence-electron chi connectivity index (χ0n) is 12.5. The van der Waals surface area contributed by atoms with E-state index in [2.05, 4.69) is 25.7 Å². The molecule has 2 rings (SSSR count). The Morgan fingerprint density at radius 2 is 2.21 bits per heavy atom. The molecular formula is C15H27N3S. The minimum Gasteiger partial charge on any atom is -0.345 e. The van der Waals surface area contributed by atoms with E-state index in [1.54, 1.807) is 0 Å². The summed E-state index contributed by atoms with van der Waals surface area (Å²) in [7, 11) is 0. The second-order valence-electron chi connectivity index (χ2n) is 5.57. The van der Waals surface area contributed by atoms with Crippen LogP contribution in [0.3, 0.4) is 0 Å². The Hall–Kier alpha value is -0.610. The summed E-state index contributed by atoms with van der Waals surface area (Å²) in [5.41, 5.74) is 7.15. The van der Waals surface area contributed by atoms with Crippen LogP contribution in [0.1, 0.15) is 69.4 Å². The lowest BCUT2D eigenvalue weighted by molar-refractivity contribution is 0.449. The highest BCUT2D eigenvalue weighted by atomic mass is 32.1. The molecule has 0 radical (unpaired) electrons. The molecule has 2 atom stereocenters. The van der Waals surface area contributed by atoms with Crippen molar-refractivity contribution in [3.05, 3.63) is 10.6 Å². The summed E-state index contributed by atoms with van der Waals surface area (Å²) >= 11 is 1.82. The monoisotopic (exact) mass is 281 g/mol. The van der Waals surface area contributed by atoms with Gasteiger partial charge in [-0.3, -0.25) is 0 Å². The van der Waals surface area contributed by atoms with Crippen LogP contribution in [0.4, 0.5) is 5.13 Å². The summed E-state index contributed by atoms with van der Waals surface area (Å²) in [4.78, 5) is 8.75. The van der Waals surface area contributed by atoms with Gasteiger partial charge < -0.3 is 10.6 Å². The number of piperidine rings is 1. The molecule has 108 valence electrons. The van der Waals surface area contributed by atoms with Crippen LogP contribution >= 0.6 is 11.3 Å². The summed E-state index contributed by atoms with van der Waals surface area (Å²) in [6.07, 6.45) is 6.32.